The standard InChI is InChI=1S/C10H18N4O2S2/c1-4-14-6-9(13-8(14)3)18(15,16)12-5-7(2)10(11)17/h6-7,12H,4-5H2,1-3H3,(H2,11,17). The fraction of sp³-hybridized carbons (Fsp3) is 0.600. The first-order valence-electron chi connectivity index (χ1n) is 5.60. The molecule has 1 aromatic rings. The lowest BCUT2D eigenvalue weighted by Crippen LogP contribution is -2.33. The summed E-state index contributed by atoms with van der Waals surface area (Å²) >= 11 is 4.79. The molecule has 1 heterocycles. The SMILES string of the molecule is CCn1cc(S(=O)(=O)NCC(C)C(N)=S)nc1C. The molecule has 0 aliphatic rings. The van der Waals surface area contributed by atoms with Gasteiger partial charge in [0.15, 0.2) is 5.03 Å². The van der Waals surface area contributed by atoms with Gasteiger partial charge in [0.25, 0.3) is 10.0 Å². The summed E-state index contributed by atoms with van der Waals surface area (Å²) in [5, 5.41) is 0.0250. The van der Waals surface area contributed by atoms with Gasteiger partial charge in [-0.15, -0.1) is 0 Å². The first kappa shape index (κ1) is 15.1. The molecule has 0 fully saturated rings. The minimum Gasteiger partial charge on any atom is -0.393 e. The van der Waals surface area contributed by atoms with Gasteiger partial charge >= 0.3 is 0 Å². The Kier molecular flexibility index (Phi) is 4.83. The van der Waals surface area contributed by atoms with E-state index in [0.29, 0.717) is 12.4 Å². The molecule has 102 valence electrons. The molecule has 1 aromatic heterocycles. The van der Waals surface area contributed by atoms with E-state index in [1.54, 1.807) is 18.4 Å². The van der Waals surface area contributed by atoms with Crippen molar-refractivity contribution in [3.63, 3.8) is 0 Å². The average Bonchev–Trinajstić information content (AvgIpc) is 2.68. The van der Waals surface area contributed by atoms with Crippen molar-refractivity contribution in [2.75, 3.05) is 6.54 Å². The monoisotopic (exact) mass is 290 g/mol. The molecule has 0 radical (unpaired) electrons. The highest BCUT2D eigenvalue weighted by molar-refractivity contribution is 7.89. The average molecular weight is 290 g/mol. The summed E-state index contributed by atoms with van der Waals surface area (Å²) in [6.45, 7) is 6.31. The van der Waals surface area contributed by atoms with Crippen LogP contribution in [0.5, 0.6) is 0 Å². The number of aromatic nitrogens is 2. The number of thiocarbonyl (C=S) groups is 1. The van der Waals surface area contributed by atoms with E-state index in [-0.39, 0.29) is 22.5 Å². The molecule has 1 unspecified atom stereocenters. The zero-order chi connectivity index (χ0) is 13.9. The van der Waals surface area contributed by atoms with Crippen LogP contribution < -0.4 is 10.5 Å². The lowest BCUT2D eigenvalue weighted by Gasteiger charge is -2.09. The summed E-state index contributed by atoms with van der Waals surface area (Å²) in [6.07, 6.45) is 1.52. The largest absolute Gasteiger partial charge is 0.393 e. The Morgan fingerprint density at radius 1 is 1.67 bits per heavy atom. The Balaban J connectivity index is 2.83. The molecule has 0 saturated carbocycles. The number of hydrogen-bond acceptors (Lipinski definition) is 4. The smallest absolute Gasteiger partial charge is 0.259 e. The Hall–Kier alpha value is -0.990. The van der Waals surface area contributed by atoms with Gasteiger partial charge in [0.2, 0.25) is 0 Å². The van der Waals surface area contributed by atoms with Crippen LogP contribution in [0.15, 0.2) is 11.2 Å². The van der Waals surface area contributed by atoms with Crippen molar-refractivity contribution in [1.82, 2.24) is 14.3 Å². The molecule has 0 amide bonds. The maximum Gasteiger partial charge on any atom is 0.259 e. The van der Waals surface area contributed by atoms with E-state index in [0.717, 1.165) is 0 Å². The fourth-order valence-electron chi connectivity index (χ4n) is 1.34. The zero-order valence-electron chi connectivity index (χ0n) is 10.7. The van der Waals surface area contributed by atoms with E-state index in [1.807, 2.05) is 6.92 Å². The molecule has 0 spiro atoms. The van der Waals surface area contributed by atoms with E-state index < -0.39 is 10.0 Å². The number of nitrogens with two attached hydrogens (primary N) is 1. The van der Waals surface area contributed by atoms with Crippen LogP contribution in [-0.4, -0.2) is 29.5 Å². The number of nitrogens with zero attached hydrogens (tertiary/aromatic N) is 2. The lowest BCUT2D eigenvalue weighted by molar-refractivity contribution is 0.571. The number of rotatable bonds is 6. The van der Waals surface area contributed by atoms with E-state index >= 15 is 0 Å². The van der Waals surface area contributed by atoms with Crippen molar-refractivity contribution in [2.45, 2.75) is 32.3 Å². The van der Waals surface area contributed by atoms with Gasteiger partial charge in [-0.2, -0.15) is 0 Å². The van der Waals surface area contributed by atoms with Gasteiger partial charge in [0, 0.05) is 25.2 Å². The van der Waals surface area contributed by atoms with Crippen molar-refractivity contribution in [3.05, 3.63) is 12.0 Å². The quantitative estimate of drug-likeness (QED) is 0.741. The Labute approximate surface area is 113 Å². The van der Waals surface area contributed by atoms with Gasteiger partial charge in [-0.3, -0.25) is 0 Å². The van der Waals surface area contributed by atoms with E-state index in [4.69, 9.17) is 18.0 Å². The Morgan fingerprint density at radius 2 is 2.28 bits per heavy atom. The minimum absolute atomic E-state index is 0.0250. The van der Waals surface area contributed by atoms with Crippen LogP contribution in [0.25, 0.3) is 0 Å². The van der Waals surface area contributed by atoms with Gasteiger partial charge in [-0.25, -0.2) is 18.1 Å². The molecule has 0 aromatic carbocycles. The maximum atomic E-state index is 12.0. The van der Waals surface area contributed by atoms with Crippen LogP contribution in [0.3, 0.4) is 0 Å². The summed E-state index contributed by atoms with van der Waals surface area (Å²) in [7, 11) is -3.60. The normalized spacial score (nSPS) is 13.5. The molecule has 0 saturated heterocycles. The number of sulfonamides is 1. The van der Waals surface area contributed by atoms with E-state index in [9.17, 15) is 8.42 Å². The highest BCUT2D eigenvalue weighted by Gasteiger charge is 2.19. The highest BCUT2D eigenvalue weighted by atomic mass is 32.2. The van der Waals surface area contributed by atoms with Crippen LogP contribution in [0.1, 0.15) is 19.7 Å². The molecule has 0 aliphatic heterocycles. The third-order valence-corrected chi connectivity index (χ3v) is 4.33. The predicted octanol–water partition coefficient (Wildman–Crippen LogP) is 0.412. The molecule has 0 bridgehead atoms. The van der Waals surface area contributed by atoms with Crippen LogP contribution >= 0.6 is 12.2 Å². The van der Waals surface area contributed by atoms with Crippen molar-refractivity contribution >= 4 is 27.2 Å². The molecule has 1 atom stereocenters. The maximum absolute atomic E-state index is 12.0. The second kappa shape index (κ2) is 5.77. The highest BCUT2D eigenvalue weighted by Crippen LogP contribution is 2.09. The molecule has 18 heavy (non-hydrogen) atoms. The van der Waals surface area contributed by atoms with Gasteiger partial charge in [-0.1, -0.05) is 19.1 Å². The fourth-order valence-corrected chi connectivity index (χ4v) is 2.56. The first-order valence-corrected chi connectivity index (χ1v) is 7.49. The minimum atomic E-state index is -3.60. The Morgan fingerprint density at radius 3 is 2.72 bits per heavy atom. The van der Waals surface area contributed by atoms with Crippen LogP contribution in [-0.2, 0) is 16.6 Å². The van der Waals surface area contributed by atoms with Crippen molar-refractivity contribution in [1.29, 1.82) is 0 Å². The topological polar surface area (TPSA) is 90.0 Å². The van der Waals surface area contributed by atoms with Gasteiger partial charge < -0.3 is 10.3 Å². The molecule has 8 heteroatoms. The zero-order valence-corrected chi connectivity index (χ0v) is 12.3. The molecule has 3 N–H and O–H groups in total. The third-order valence-electron chi connectivity index (χ3n) is 2.64. The van der Waals surface area contributed by atoms with Crippen LogP contribution in [0, 0.1) is 12.8 Å². The number of nitrogens with one attached hydrogen (secondary N) is 1. The summed E-state index contributed by atoms with van der Waals surface area (Å²) in [5.74, 6) is 0.476. The lowest BCUT2D eigenvalue weighted by atomic mass is 10.2. The van der Waals surface area contributed by atoms with E-state index in [1.165, 1.54) is 6.20 Å². The van der Waals surface area contributed by atoms with Crippen molar-refractivity contribution in [3.8, 4) is 0 Å². The second-order valence-corrected chi connectivity index (χ2v) is 6.25. The molecular weight excluding hydrogens is 272 g/mol. The number of aryl methyl sites for hydroxylation is 2. The van der Waals surface area contributed by atoms with Gasteiger partial charge in [0.05, 0.1) is 4.99 Å². The summed E-state index contributed by atoms with van der Waals surface area (Å²) < 4.78 is 28.2. The molecule has 6 nitrogen and oxygen atoms in total. The number of hydrogen-bond donors (Lipinski definition) is 2. The number of imidazole rings is 1. The van der Waals surface area contributed by atoms with Gasteiger partial charge in [0.1, 0.15) is 5.82 Å². The summed E-state index contributed by atoms with van der Waals surface area (Å²) in [5.41, 5.74) is 5.43. The molecule has 0 aliphatic carbocycles. The predicted molar refractivity (Wildman–Crippen MR) is 73.8 cm³/mol. The molecular formula is C10H18N4O2S2. The van der Waals surface area contributed by atoms with Crippen molar-refractivity contribution < 1.29 is 8.42 Å². The molecule has 1 rings (SSSR count). The Bertz CT molecular complexity index is 536. The summed E-state index contributed by atoms with van der Waals surface area (Å²) in [6, 6.07) is 0. The van der Waals surface area contributed by atoms with Crippen molar-refractivity contribution in [2.24, 2.45) is 11.7 Å². The third kappa shape index (κ3) is 3.50. The summed E-state index contributed by atoms with van der Waals surface area (Å²) in [4.78, 5) is 4.31. The van der Waals surface area contributed by atoms with E-state index in [2.05, 4.69) is 9.71 Å². The first-order chi connectivity index (χ1) is 8.27. The van der Waals surface area contributed by atoms with Crippen LogP contribution in [0.2, 0.25) is 0 Å². The second-order valence-electron chi connectivity index (χ2n) is 4.07. The van der Waals surface area contributed by atoms with Crippen LogP contribution in [0.4, 0.5) is 0 Å². The van der Waals surface area contributed by atoms with Gasteiger partial charge in [-0.05, 0) is 13.8 Å².